The molecule has 6 rings (SSSR count). The van der Waals surface area contributed by atoms with E-state index in [0.717, 1.165) is 74.1 Å². The number of hydrogen-bond donors (Lipinski definition) is 3. The number of aromatic nitrogens is 4. The number of amides is 1. The highest BCUT2D eigenvalue weighted by Crippen LogP contribution is 2.34. The number of imidazole rings is 1. The van der Waals surface area contributed by atoms with E-state index in [1.54, 1.807) is 0 Å². The standard InChI is InChI=1S/C32H46N8O2/c1-2-3-20-42-27-14-8-22(9-15-27)31(41)39-18-16-25(17-19-39)35-29-28-30(40(21-34-28)26-6-4-5-7-26)38-32(37-29)36-24-12-10-23(33)11-13-24/h8-9,14-15,21,23-26H,2-7,10-13,16-20,33H2,1H3,(H2,35,36,37,38). The summed E-state index contributed by atoms with van der Waals surface area (Å²) >= 11 is 0. The Morgan fingerprint density at radius 2 is 1.67 bits per heavy atom. The summed E-state index contributed by atoms with van der Waals surface area (Å²) in [6.07, 6.45) is 14.7. The predicted molar refractivity (Wildman–Crippen MR) is 166 cm³/mol. The Morgan fingerprint density at radius 3 is 2.38 bits per heavy atom. The zero-order chi connectivity index (χ0) is 28.9. The van der Waals surface area contributed by atoms with Crippen LogP contribution in [0.3, 0.4) is 0 Å². The molecule has 10 heteroatoms. The largest absolute Gasteiger partial charge is 0.494 e. The number of rotatable bonds is 10. The van der Waals surface area contributed by atoms with Crippen molar-refractivity contribution in [3.63, 3.8) is 0 Å². The van der Waals surface area contributed by atoms with E-state index in [2.05, 4.69) is 22.1 Å². The molecule has 2 saturated carbocycles. The molecule has 0 bridgehead atoms. The number of anilines is 2. The van der Waals surface area contributed by atoms with E-state index in [-0.39, 0.29) is 11.9 Å². The van der Waals surface area contributed by atoms with Crippen LogP contribution in [-0.4, -0.2) is 68.1 Å². The molecule has 3 aromatic rings. The molecule has 4 N–H and O–H groups in total. The van der Waals surface area contributed by atoms with Crippen molar-refractivity contribution in [1.29, 1.82) is 0 Å². The van der Waals surface area contributed by atoms with Crippen LogP contribution >= 0.6 is 0 Å². The number of nitrogens with two attached hydrogens (primary N) is 1. The van der Waals surface area contributed by atoms with E-state index < -0.39 is 0 Å². The third kappa shape index (κ3) is 6.64. The van der Waals surface area contributed by atoms with Gasteiger partial charge in [-0.25, -0.2) is 4.98 Å². The van der Waals surface area contributed by atoms with E-state index in [0.29, 0.717) is 49.3 Å². The van der Waals surface area contributed by atoms with Crippen molar-refractivity contribution in [1.82, 2.24) is 24.4 Å². The van der Waals surface area contributed by atoms with Crippen molar-refractivity contribution in [2.75, 3.05) is 30.3 Å². The molecular formula is C32H46N8O2. The summed E-state index contributed by atoms with van der Waals surface area (Å²) in [5.41, 5.74) is 8.59. The number of ether oxygens (including phenoxy) is 1. The van der Waals surface area contributed by atoms with Gasteiger partial charge in [0, 0.05) is 42.8 Å². The summed E-state index contributed by atoms with van der Waals surface area (Å²) in [4.78, 5) is 29.9. The molecule has 226 valence electrons. The Hall–Kier alpha value is -3.40. The van der Waals surface area contributed by atoms with E-state index in [9.17, 15) is 4.79 Å². The summed E-state index contributed by atoms with van der Waals surface area (Å²) in [5, 5.41) is 7.32. The molecule has 42 heavy (non-hydrogen) atoms. The molecule has 0 unspecified atom stereocenters. The molecule has 1 saturated heterocycles. The van der Waals surface area contributed by atoms with Gasteiger partial charge in [0.2, 0.25) is 5.95 Å². The minimum atomic E-state index is 0.0759. The number of hydrogen-bond acceptors (Lipinski definition) is 8. The Kier molecular flexibility index (Phi) is 9.07. The van der Waals surface area contributed by atoms with E-state index >= 15 is 0 Å². The topological polar surface area (TPSA) is 123 Å². The van der Waals surface area contributed by atoms with Gasteiger partial charge in [0.1, 0.15) is 5.75 Å². The maximum atomic E-state index is 13.2. The van der Waals surface area contributed by atoms with Crippen molar-refractivity contribution in [2.24, 2.45) is 5.73 Å². The highest BCUT2D eigenvalue weighted by atomic mass is 16.5. The maximum Gasteiger partial charge on any atom is 0.253 e. The third-order valence-electron chi connectivity index (χ3n) is 9.24. The Balaban J connectivity index is 1.12. The third-order valence-corrected chi connectivity index (χ3v) is 9.24. The molecule has 0 atom stereocenters. The highest BCUT2D eigenvalue weighted by molar-refractivity contribution is 5.94. The number of likely N-dealkylation sites (tertiary alicyclic amines) is 1. The van der Waals surface area contributed by atoms with Gasteiger partial charge in [-0.1, -0.05) is 26.2 Å². The quantitative estimate of drug-likeness (QED) is 0.271. The van der Waals surface area contributed by atoms with Gasteiger partial charge >= 0.3 is 0 Å². The highest BCUT2D eigenvalue weighted by Gasteiger charge is 2.27. The predicted octanol–water partition coefficient (Wildman–Crippen LogP) is 5.52. The minimum Gasteiger partial charge on any atom is -0.494 e. The van der Waals surface area contributed by atoms with Crippen LogP contribution in [0, 0.1) is 0 Å². The van der Waals surface area contributed by atoms with Gasteiger partial charge in [-0.15, -0.1) is 0 Å². The number of nitrogens with zero attached hydrogens (tertiary/aromatic N) is 5. The van der Waals surface area contributed by atoms with Gasteiger partial charge < -0.3 is 30.6 Å². The fourth-order valence-corrected chi connectivity index (χ4v) is 6.61. The molecule has 0 radical (unpaired) electrons. The average Bonchev–Trinajstić information content (AvgIpc) is 3.69. The van der Waals surface area contributed by atoms with Crippen LogP contribution in [0.5, 0.6) is 5.75 Å². The van der Waals surface area contributed by atoms with E-state index in [4.69, 9.17) is 25.4 Å². The first kappa shape index (κ1) is 28.7. The summed E-state index contributed by atoms with van der Waals surface area (Å²) in [6.45, 7) is 4.25. The number of benzene rings is 1. The second-order valence-corrected chi connectivity index (χ2v) is 12.4. The molecule has 3 aliphatic rings. The summed E-state index contributed by atoms with van der Waals surface area (Å²) in [6, 6.07) is 8.84. The SMILES string of the molecule is CCCCOc1ccc(C(=O)N2CCC(Nc3nc(NC4CCC(N)CC4)nc4c3ncn4C3CCCC3)CC2)cc1. The van der Waals surface area contributed by atoms with Crippen LogP contribution in [0.15, 0.2) is 30.6 Å². The van der Waals surface area contributed by atoms with Crippen LogP contribution in [0.1, 0.15) is 100 Å². The van der Waals surface area contributed by atoms with Gasteiger partial charge in [-0.2, -0.15) is 9.97 Å². The van der Waals surface area contributed by atoms with Crippen molar-refractivity contribution in [2.45, 2.75) is 108 Å². The number of carbonyl (C=O) groups is 1. The zero-order valence-corrected chi connectivity index (χ0v) is 24.9. The van der Waals surface area contributed by atoms with Crippen LogP contribution in [-0.2, 0) is 0 Å². The van der Waals surface area contributed by atoms with Crippen molar-refractivity contribution in [3.8, 4) is 5.75 Å². The normalized spacial score (nSPS) is 22.0. The Labute approximate surface area is 248 Å². The number of piperidine rings is 1. The van der Waals surface area contributed by atoms with Crippen LogP contribution in [0.4, 0.5) is 11.8 Å². The van der Waals surface area contributed by atoms with Gasteiger partial charge in [0.15, 0.2) is 17.0 Å². The first-order valence-electron chi connectivity index (χ1n) is 16.1. The van der Waals surface area contributed by atoms with E-state index in [1.807, 2.05) is 35.5 Å². The van der Waals surface area contributed by atoms with E-state index in [1.165, 1.54) is 25.7 Å². The lowest BCUT2D eigenvalue weighted by Crippen LogP contribution is -2.42. The van der Waals surface area contributed by atoms with Crippen molar-refractivity contribution >= 4 is 28.8 Å². The summed E-state index contributed by atoms with van der Waals surface area (Å²) < 4.78 is 8.02. The lowest BCUT2D eigenvalue weighted by atomic mass is 9.92. The Morgan fingerprint density at radius 1 is 0.952 bits per heavy atom. The molecule has 1 amide bonds. The fourth-order valence-electron chi connectivity index (χ4n) is 6.61. The number of carbonyl (C=O) groups excluding carboxylic acids is 1. The van der Waals surface area contributed by atoms with Crippen LogP contribution < -0.4 is 21.1 Å². The van der Waals surface area contributed by atoms with Crippen LogP contribution in [0.2, 0.25) is 0 Å². The van der Waals surface area contributed by atoms with Gasteiger partial charge in [-0.05, 0) is 82.1 Å². The molecule has 1 aliphatic heterocycles. The fraction of sp³-hybridized carbons (Fsp3) is 0.625. The van der Waals surface area contributed by atoms with Crippen LogP contribution in [0.25, 0.3) is 11.2 Å². The minimum absolute atomic E-state index is 0.0759. The second kappa shape index (κ2) is 13.3. The van der Waals surface area contributed by atoms with Crippen molar-refractivity contribution in [3.05, 3.63) is 36.2 Å². The first-order chi connectivity index (χ1) is 20.6. The maximum absolute atomic E-state index is 13.2. The summed E-state index contributed by atoms with van der Waals surface area (Å²) in [7, 11) is 0. The van der Waals surface area contributed by atoms with Gasteiger partial charge in [-0.3, -0.25) is 4.79 Å². The van der Waals surface area contributed by atoms with Crippen molar-refractivity contribution < 1.29 is 9.53 Å². The lowest BCUT2D eigenvalue weighted by molar-refractivity contribution is 0.0718. The van der Waals surface area contributed by atoms with Gasteiger partial charge in [0.05, 0.1) is 12.9 Å². The first-order valence-corrected chi connectivity index (χ1v) is 16.1. The number of unbranched alkanes of at least 4 members (excludes halogenated alkanes) is 1. The lowest BCUT2D eigenvalue weighted by Gasteiger charge is -2.33. The molecule has 1 aromatic carbocycles. The average molecular weight is 575 g/mol. The molecule has 2 aromatic heterocycles. The molecule has 2 aliphatic carbocycles. The molecular weight excluding hydrogens is 528 g/mol. The summed E-state index contributed by atoms with van der Waals surface area (Å²) in [5.74, 6) is 2.34. The monoisotopic (exact) mass is 574 g/mol. The molecule has 0 spiro atoms. The number of fused-ring (bicyclic) bond motifs is 1. The Bertz CT molecular complexity index is 1320. The number of nitrogens with one attached hydrogen (secondary N) is 2. The molecule has 3 heterocycles. The molecule has 3 fully saturated rings. The molecule has 10 nitrogen and oxygen atoms in total. The van der Waals surface area contributed by atoms with Gasteiger partial charge in [0.25, 0.3) is 5.91 Å². The smallest absolute Gasteiger partial charge is 0.253 e. The second-order valence-electron chi connectivity index (χ2n) is 12.4. The zero-order valence-electron chi connectivity index (χ0n) is 24.9.